The van der Waals surface area contributed by atoms with Crippen LogP contribution in [0.5, 0.6) is 5.75 Å². The minimum absolute atomic E-state index is 0.148. The standard InChI is InChI=1S/C24H19NO6S/c1-15-13-16(23(27)28)7-9-19(15)20-10-8-18(31-20)14-21-22(26)25(24(29)32-21)11-12-30-17-5-3-2-4-6-17/h2-10,13-14H,11-12H2,1H3,(H,27,28). The lowest BCUT2D eigenvalue weighted by Gasteiger charge is -2.13. The number of thioether (sulfide) groups is 1. The molecule has 0 spiro atoms. The van der Waals surface area contributed by atoms with Crippen LogP contribution in [0.1, 0.15) is 21.7 Å². The molecule has 2 heterocycles. The summed E-state index contributed by atoms with van der Waals surface area (Å²) >= 11 is 0.854. The summed E-state index contributed by atoms with van der Waals surface area (Å²) in [5.41, 5.74) is 1.70. The predicted octanol–water partition coefficient (Wildman–Crippen LogP) is 5.07. The van der Waals surface area contributed by atoms with Gasteiger partial charge in [0.2, 0.25) is 0 Å². The Morgan fingerprint density at radius 2 is 1.91 bits per heavy atom. The van der Waals surface area contributed by atoms with Crippen molar-refractivity contribution >= 4 is 35.0 Å². The number of rotatable bonds is 7. The third kappa shape index (κ3) is 4.60. The number of imide groups is 1. The zero-order valence-electron chi connectivity index (χ0n) is 17.1. The number of aromatic carboxylic acids is 1. The Morgan fingerprint density at radius 3 is 2.62 bits per heavy atom. The van der Waals surface area contributed by atoms with Crippen LogP contribution in [0.2, 0.25) is 0 Å². The van der Waals surface area contributed by atoms with Gasteiger partial charge in [-0.15, -0.1) is 0 Å². The summed E-state index contributed by atoms with van der Waals surface area (Å²) in [7, 11) is 0. The van der Waals surface area contributed by atoms with Crippen molar-refractivity contribution in [3.63, 3.8) is 0 Å². The average Bonchev–Trinajstić information content (AvgIpc) is 3.34. The number of carboxylic acids is 1. The molecule has 1 aliphatic rings. The van der Waals surface area contributed by atoms with E-state index in [2.05, 4.69) is 0 Å². The molecule has 1 N–H and O–H groups in total. The van der Waals surface area contributed by atoms with E-state index in [0.717, 1.165) is 27.8 Å². The van der Waals surface area contributed by atoms with Gasteiger partial charge in [-0.25, -0.2) is 4.79 Å². The Labute approximate surface area is 188 Å². The van der Waals surface area contributed by atoms with Crippen LogP contribution in [0.15, 0.2) is 70.0 Å². The van der Waals surface area contributed by atoms with Crippen LogP contribution >= 0.6 is 11.8 Å². The van der Waals surface area contributed by atoms with E-state index in [9.17, 15) is 14.4 Å². The molecule has 8 heteroatoms. The summed E-state index contributed by atoms with van der Waals surface area (Å²) in [6.07, 6.45) is 1.54. The molecule has 1 fully saturated rings. The number of hydrogen-bond acceptors (Lipinski definition) is 6. The van der Waals surface area contributed by atoms with Crippen molar-refractivity contribution in [3.05, 3.63) is 82.5 Å². The van der Waals surface area contributed by atoms with E-state index in [1.807, 2.05) is 18.2 Å². The van der Waals surface area contributed by atoms with Crippen molar-refractivity contribution in [1.29, 1.82) is 0 Å². The molecule has 2 amide bonds. The molecule has 1 aliphatic heterocycles. The predicted molar refractivity (Wildman–Crippen MR) is 120 cm³/mol. The fraction of sp³-hybridized carbons (Fsp3) is 0.125. The Kier molecular flexibility index (Phi) is 6.13. The van der Waals surface area contributed by atoms with Crippen molar-refractivity contribution in [2.45, 2.75) is 6.92 Å². The maximum absolute atomic E-state index is 12.7. The first-order chi connectivity index (χ1) is 15.4. The first-order valence-electron chi connectivity index (χ1n) is 9.80. The second-order valence-corrected chi connectivity index (χ2v) is 8.02. The number of furan rings is 1. The van der Waals surface area contributed by atoms with E-state index in [1.165, 1.54) is 12.1 Å². The van der Waals surface area contributed by atoms with Gasteiger partial charge in [0.1, 0.15) is 23.9 Å². The summed E-state index contributed by atoms with van der Waals surface area (Å²) < 4.78 is 11.4. The minimum Gasteiger partial charge on any atom is -0.492 e. The number of carbonyl (C=O) groups is 3. The lowest BCUT2D eigenvalue weighted by atomic mass is 10.0. The van der Waals surface area contributed by atoms with Crippen LogP contribution in [0.25, 0.3) is 17.4 Å². The molecule has 1 saturated heterocycles. The van der Waals surface area contributed by atoms with E-state index in [0.29, 0.717) is 17.3 Å². The number of carbonyl (C=O) groups excluding carboxylic acids is 2. The number of aryl methyl sites for hydroxylation is 1. The summed E-state index contributed by atoms with van der Waals surface area (Å²) in [4.78, 5) is 37.5. The van der Waals surface area contributed by atoms with Gasteiger partial charge < -0.3 is 14.3 Å². The Bertz CT molecular complexity index is 1210. The molecular weight excluding hydrogens is 430 g/mol. The number of amides is 2. The van der Waals surface area contributed by atoms with Crippen molar-refractivity contribution < 1.29 is 28.6 Å². The Morgan fingerprint density at radius 1 is 1.12 bits per heavy atom. The molecule has 4 rings (SSSR count). The SMILES string of the molecule is Cc1cc(C(=O)O)ccc1-c1ccc(C=C2SC(=O)N(CCOc3ccccc3)C2=O)o1. The van der Waals surface area contributed by atoms with Gasteiger partial charge in [0, 0.05) is 11.6 Å². The van der Waals surface area contributed by atoms with Crippen LogP contribution in [-0.2, 0) is 4.79 Å². The highest BCUT2D eigenvalue weighted by Gasteiger charge is 2.35. The molecule has 0 saturated carbocycles. The molecule has 7 nitrogen and oxygen atoms in total. The zero-order valence-corrected chi connectivity index (χ0v) is 17.9. The van der Waals surface area contributed by atoms with Gasteiger partial charge >= 0.3 is 5.97 Å². The van der Waals surface area contributed by atoms with Gasteiger partial charge in [-0.1, -0.05) is 24.3 Å². The summed E-state index contributed by atoms with van der Waals surface area (Å²) in [5, 5.41) is 8.75. The monoisotopic (exact) mass is 449 g/mol. The van der Waals surface area contributed by atoms with Crippen molar-refractivity contribution in [2.24, 2.45) is 0 Å². The molecule has 32 heavy (non-hydrogen) atoms. The first-order valence-corrected chi connectivity index (χ1v) is 10.6. The Hall–Kier alpha value is -3.78. The number of hydrogen-bond donors (Lipinski definition) is 1. The van der Waals surface area contributed by atoms with Crippen LogP contribution in [0.4, 0.5) is 4.79 Å². The largest absolute Gasteiger partial charge is 0.492 e. The van der Waals surface area contributed by atoms with Crippen molar-refractivity contribution in [1.82, 2.24) is 4.90 Å². The lowest BCUT2D eigenvalue weighted by molar-refractivity contribution is -0.123. The lowest BCUT2D eigenvalue weighted by Crippen LogP contribution is -2.32. The topological polar surface area (TPSA) is 97.0 Å². The first kappa shape index (κ1) is 21.5. The van der Waals surface area contributed by atoms with Crippen molar-refractivity contribution in [2.75, 3.05) is 13.2 Å². The minimum atomic E-state index is -0.996. The second-order valence-electron chi connectivity index (χ2n) is 7.03. The normalized spacial score (nSPS) is 14.9. The summed E-state index contributed by atoms with van der Waals surface area (Å²) in [6, 6.07) is 17.4. The molecule has 2 aromatic carbocycles. The maximum Gasteiger partial charge on any atom is 0.335 e. The molecule has 0 atom stereocenters. The van der Waals surface area contributed by atoms with E-state index >= 15 is 0 Å². The molecule has 0 radical (unpaired) electrons. The molecule has 0 bridgehead atoms. The van der Waals surface area contributed by atoms with Gasteiger partial charge in [-0.05, 0) is 60.6 Å². The molecule has 0 aliphatic carbocycles. The van der Waals surface area contributed by atoms with Gasteiger partial charge in [-0.2, -0.15) is 0 Å². The van der Waals surface area contributed by atoms with Crippen LogP contribution in [0.3, 0.4) is 0 Å². The number of nitrogens with zero attached hydrogens (tertiary/aromatic N) is 1. The highest BCUT2D eigenvalue weighted by molar-refractivity contribution is 8.18. The van der Waals surface area contributed by atoms with Crippen LogP contribution < -0.4 is 4.74 Å². The third-order valence-electron chi connectivity index (χ3n) is 4.84. The highest BCUT2D eigenvalue weighted by atomic mass is 32.2. The number of ether oxygens (including phenoxy) is 1. The molecular formula is C24H19NO6S. The van der Waals surface area contributed by atoms with E-state index in [-0.39, 0.29) is 28.9 Å². The Balaban J connectivity index is 1.44. The maximum atomic E-state index is 12.7. The van der Waals surface area contributed by atoms with Gasteiger partial charge in [0.05, 0.1) is 17.0 Å². The van der Waals surface area contributed by atoms with E-state index in [4.69, 9.17) is 14.3 Å². The fourth-order valence-corrected chi connectivity index (χ4v) is 4.09. The zero-order chi connectivity index (χ0) is 22.7. The van der Waals surface area contributed by atoms with Crippen molar-refractivity contribution in [3.8, 4) is 17.1 Å². The third-order valence-corrected chi connectivity index (χ3v) is 5.75. The van der Waals surface area contributed by atoms with Gasteiger partial charge in [0.25, 0.3) is 11.1 Å². The smallest absolute Gasteiger partial charge is 0.335 e. The van der Waals surface area contributed by atoms with Crippen LogP contribution in [0, 0.1) is 6.92 Å². The van der Waals surface area contributed by atoms with E-state index < -0.39 is 11.9 Å². The highest BCUT2D eigenvalue weighted by Crippen LogP contribution is 2.33. The quantitative estimate of drug-likeness (QED) is 0.503. The summed E-state index contributed by atoms with van der Waals surface area (Å²) in [5.74, 6) is 0.250. The second kappa shape index (κ2) is 9.15. The fourth-order valence-electron chi connectivity index (χ4n) is 3.24. The number of carboxylic acid groups (broad SMARTS) is 1. The van der Waals surface area contributed by atoms with Crippen LogP contribution in [-0.4, -0.2) is 40.3 Å². The molecule has 3 aromatic rings. The summed E-state index contributed by atoms with van der Waals surface area (Å²) in [6.45, 7) is 2.15. The number of para-hydroxylation sites is 1. The average molecular weight is 449 g/mol. The van der Waals surface area contributed by atoms with Gasteiger partial charge in [0.15, 0.2) is 0 Å². The van der Waals surface area contributed by atoms with Gasteiger partial charge in [-0.3, -0.25) is 14.5 Å². The van der Waals surface area contributed by atoms with E-state index in [1.54, 1.807) is 43.3 Å². The molecule has 0 unspecified atom stereocenters. The molecule has 1 aromatic heterocycles. The number of benzene rings is 2. The molecule has 162 valence electrons.